The maximum atomic E-state index is 13.0. The molecule has 2 aromatic rings. The molecule has 0 spiro atoms. The van der Waals surface area contributed by atoms with E-state index in [1.54, 1.807) is 30.3 Å². The first-order valence-electron chi connectivity index (χ1n) is 10.2. The third kappa shape index (κ3) is 5.28. The number of likely N-dealkylation sites (tertiary alicyclic amines) is 1. The second kappa shape index (κ2) is 10.4. The molecule has 1 saturated heterocycles. The van der Waals surface area contributed by atoms with Crippen LogP contribution in [-0.2, 0) is 14.4 Å². The number of hydrogen-bond donors (Lipinski definition) is 2. The topological polar surface area (TPSA) is 138 Å². The van der Waals surface area contributed by atoms with Gasteiger partial charge in [0, 0.05) is 29.1 Å². The molecule has 172 valence electrons. The number of unbranched alkanes of at least 4 members (excludes halogenated alkanes) is 2. The number of Topliss-reactive ketones (excluding diaryl/α,β-unsaturated/α-hetero) is 1. The van der Waals surface area contributed by atoms with Gasteiger partial charge in [-0.05, 0) is 31.0 Å². The number of carboxylic acid groups (broad SMARTS) is 1. The van der Waals surface area contributed by atoms with Crippen molar-refractivity contribution in [3.05, 3.63) is 79.8 Å². The largest absolute Gasteiger partial charge is 0.507 e. The van der Waals surface area contributed by atoms with Gasteiger partial charge in [-0.25, -0.2) is 0 Å². The Hall–Kier alpha value is -3.53. The average Bonchev–Trinajstić information content (AvgIpc) is 3.03. The Balaban J connectivity index is 2.06. The maximum Gasteiger partial charge on any atom is 0.303 e. The van der Waals surface area contributed by atoms with Crippen LogP contribution in [-0.4, -0.2) is 44.2 Å². The highest BCUT2D eigenvalue weighted by atomic mass is 79.9. The molecule has 3 rings (SSSR count). The summed E-state index contributed by atoms with van der Waals surface area (Å²) in [5.74, 6) is -3.14. The van der Waals surface area contributed by atoms with Gasteiger partial charge in [0.15, 0.2) is 0 Å². The Morgan fingerprint density at radius 3 is 2.33 bits per heavy atom. The minimum Gasteiger partial charge on any atom is -0.507 e. The highest BCUT2D eigenvalue weighted by molar-refractivity contribution is 9.10. The molecule has 2 N–H and O–H groups in total. The normalized spacial score (nSPS) is 17.4. The van der Waals surface area contributed by atoms with Crippen LogP contribution in [0.4, 0.5) is 5.69 Å². The number of nitrogens with zero attached hydrogens (tertiary/aromatic N) is 2. The van der Waals surface area contributed by atoms with Gasteiger partial charge in [0.2, 0.25) is 0 Å². The van der Waals surface area contributed by atoms with Crippen molar-refractivity contribution in [1.82, 2.24) is 4.90 Å². The van der Waals surface area contributed by atoms with Crippen molar-refractivity contribution in [2.75, 3.05) is 6.54 Å². The fourth-order valence-electron chi connectivity index (χ4n) is 3.82. The molecule has 2 aromatic carbocycles. The van der Waals surface area contributed by atoms with Crippen molar-refractivity contribution >= 4 is 45.0 Å². The summed E-state index contributed by atoms with van der Waals surface area (Å²) in [5, 5.41) is 31.4. The van der Waals surface area contributed by atoms with E-state index in [2.05, 4.69) is 15.9 Å². The number of carboxylic acids is 1. The molecule has 1 amide bonds. The molecule has 1 aliphatic heterocycles. The molecule has 0 bridgehead atoms. The van der Waals surface area contributed by atoms with Gasteiger partial charge in [0.25, 0.3) is 17.4 Å². The first kappa shape index (κ1) is 24.1. The third-order valence-corrected chi connectivity index (χ3v) is 5.90. The molecule has 1 heterocycles. The lowest BCUT2D eigenvalue weighted by atomic mass is 9.94. The van der Waals surface area contributed by atoms with Crippen LogP contribution in [0.5, 0.6) is 0 Å². The third-order valence-electron chi connectivity index (χ3n) is 5.38. The van der Waals surface area contributed by atoms with E-state index in [0.717, 1.165) is 4.47 Å². The first-order chi connectivity index (χ1) is 15.7. The summed E-state index contributed by atoms with van der Waals surface area (Å²) in [6, 6.07) is 11.1. The number of benzene rings is 2. The maximum absolute atomic E-state index is 13.0. The molecule has 0 aliphatic carbocycles. The van der Waals surface area contributed by atoms with E-state index in [0.29, 0.717) is 24.8 Å². The highest BCUT2D eigenvalue weighted by Gasteiger charge is 2.47. The zero-order chi connectivity index (χ0) is 24.1. The van der Waals surface area contributed by atoms with E-state index in [-0.39, 0.29) is 29.8 Å². The van der Waals surface area contributed by atoms with Crippen LogP contribution in [0.25, 0.3) is 5.76 Å². The number of ketones is 1. The molecule has 1 fully saturated rings. The number of hydrogen-bond acceptors (Lipinski definition) is 6. The lowest BCUT2D eigenvalue weighted by Gasteiger charge is -2.25. The summed E-state index contributed by atoms with van der Waals surface area (Å²) in [7, 11) is 0. The van der Waals surface area contributed by atoms with Crippen molar-refractivity contribution in [2.45, 2.75) is 31.7 Å². The number of halogens is 1. The van der Waals surface area contributed by atoms with Gasteiger partial charge in [-0.1, -0.05) is 46.6 Å². The second-order valence-electron chi connectivity index (χ2n) is 7.52. The number of amides is 1. The van der Waals surface area contributed by atoms with Crippen LogP contribution in [0.3, 0.4) is 0 Å². The van der Waals surface area contributed by atoms with Crippen molar-refractivity contribution in [3.63, 3.8) is 0 Å². The minimum atomic E-state index is -1.14. The monoisotopic (exact) mass is 516 g/mol. The van der Waals surface area contributed by atoms with E-state index in [4.69, 9.17) is 5.11 Å². The fourth-order valence-corrected chi connectivity index (χ4v) is 4.08. The number of para-hydroxylation sites is 1. The van der Waals surface area contributed by atoms with Crippen molar-refractivity contribution in [3.8, 4) is 0 Å². The number of carbonyl (C=O) groups excluding carboxylic acids is 2. The molecule has 1 unspecified atom stereocenters. The van der Waals surface area contributed by atoms with Crippen molar-refractivity contribution in [1.29, 1.82) is 0 Å². The predicted molar refractivity (Wildman–Crippen MR) is 122 cm³/mol. The Morgan fingerprint density at radius 1 is 1.03 bits per heavy atom. The average molecular weight is 517 g/mol. The number of nitro groups is 1. The Bertz CT molecular complexity index is 1130. The molecule has 9 nitrogen and oxygen atoms in total. The van der Waals surface area contributed by atoms with Gasteiger partial charge in [0.05, 0.1) is 22.1 Å². The summed E-state index contributed by atoms with van der Waals surface area (Å²) in [5.41, 5.74) is -0.0868. The van der Waals surface area contributed by atoms with Gasteiger partial charge in [0.1, 0.15) is 5.76 Å². The van der Waals surface area contributed by atoms with Crippen LogP contribution in [0.1, 0.15) is 42.9 Å². The molecular formula is C23H21BrN2O7. The van der Waals surface area contributed by atoms with Crippen LogP contribution in [0.2, 0.25) is 0 Å². The number of carbonyl (C=O) groups is 3. The second-order valence-corrected chi connectivity index (χ2v) is 8.44. The standard InChI is InChI=1S/C23H21BrN2O7/c24-15-11-9-14(10-12-15)21(29)19-20(16-6-3-4-7-17(16)26(32)33)25(23(31)22(19)30)13-5-1-2-8-18(27)28/h3-4,6-7,9-12,20,29H,1-2,5,8,13H2,(H,27,28)/b21-19+. The van der Waals surface area contributed by atoms with Crippen molar-refractivity contribution in [2.24, 2.45) is 0 Å². The van der Waals surface area contributed by atoms with Gasteiger partial charge < -0.3 is 15.1 Å². The molecule has 33 heavy (non-hydrogen) atoms. The predicted octanol–water partition coefficient (Wildman–Crippen LogP) is 4.42. The molecule has 1 atom stereocenters. The van der Waals surface area contributed by atoms with Crippen LogP contribution < -0.4 is 0 Å². The van der Waals surface area contributed by atoms with Gasteiger partial charge >= 0.3 is 5.97 Å². The first-order valence-corrected chi connectivity index (χ1v) is 11.0. The number of aliphatic carboxylic acids is 1. The molecular weight excluding hydrogens is 496 g/mol. The molecule has 0 saturated carbocycles. The molecule has 1 aliphatic rings. The molecule has 0 radical (unpaired) electrons. The highest BCUT2D eigenvalue weighted by Crippen LogP contribution is 2.42. The zero-order valence-electron chi connectivity index (χ0n) is 17.4. The Morgan fingerprint density at radius 2 is 1.70 bits per heavy atom. The lowest BCUT2D eigenvalue weighted by Crippen LogP contribution is -2.31. The van der Waals surface area contributed by atoms with Gasteiger partial charge in [-0.15, -0.1) is 0 Å². The van der Waals surface area contributed by atoms with E-state index in [1.165, 1.54) is 23.1 Å². The van der Waals surface area contributed by atoms with Gasteiger partial charge in [-0.3, -0.25) is 24.5 Å². The number of nitro benzene ring substituents is 1. The SMILES string of the molecule is O=C(O)CCCCCN1C(=O)C(=O)/C(=C(/O)c2ccc(Br)cc2)C1c1ccccc1[N+](=O)[O-]. The summed E-state index contributed by atoms with van der Waals surface area (Å²) >= 11 is 3.29. The minimum absolute atomic E-state index is 0.0179. The van der Waals surface area contributed by atoms with Crippen LogP contribution in [0, 0.1) is 10.1 Å². The van der Waals surface area contributed by atoms with E-state index in [9.17, 15) is 29.6 Å². The smallest absolute Gasteiger partial charge is 0.303 e. The molecule has 0 aromatic heterocycles. The summed E-state index contributed by atoms with van der Waals surface area (Å²) in [6.07, 6.45) is 1.27. The summed E-state index contributed by atoms with van der Waals surface area (Å²) in [6.45, 7) is 0.0814. The van der Waals surface area contributed by atoms with Crippen LogP contribution >= 0.6 is 15.9 Å². The number of rotatable bonds is 9. The van der Waals surface area contributed by atoms with E-state index in [1.807, 2.05) is 0 Å². The Labute approximate surface area is 197 Å². The van der Waals surface area contributed by atoms with E-state index < -0.39 is 34.4 Å². The quantitative estimate of drug-likeness (QED) is 0.125. The number of aliphatic hydroxyl groups excluding tert-OH is 1. The van der Waals surface area contributed by atoms with Crippen LogP contribution in [0.15, 0.2) is 58.6 Å². The van der Waals surface area contributed by atoms with Crippen molar-refractivity contribution < 1.29 is 29.5 Å². The van der Waals surface area contributed by atoms with Gasteiger partial charge in [-0.2, -0.15) is 0 Å². The Kier molecular flexibility index (Phi) is 7.59. The molecule has 10 heteroatoms. The summed E-state index contributed by atoms with van der Waals surface area (Å²) < 4.78 is 0.746. The fraction of sp³-hybridized carbons (Fsp3) is 0.261. The van der Waals surface area contributed by atoms with E-state index >= 15 is 0 Å². The number of aliphatic hydroxyl groups is 1. The summed E-state index contributed by atoms with van der Waals surface area (Å²) in [4.78, 5) is 48.9. The lowest BCUT2D eigenvalue weighted by molar-refractivity contribution is -0.385. The zero-order valence-corrected chi connectivity index (χ0v) is 19.0.